The summed E-state index contributed by atoms with van der Waals surface area (Å²) in [5, 5.41) is 9.12. The van der Waals surface area contributed by atoms with Crippen molar-refractivity contribution in [2.24, 2.45) is 9.98 Å². The molecule has 0 aliphatic carbocycles. The predicted octanol–water partition coefficient (Wildman–Crippen LogP) is 6.26. The van der Waals surface area contributed by atoms with E-state index in [-0.39, 0.29) is 18.2 Å². The molecule has 2 heterocycles. The average molecular weight is 564 g/mol. The van der Waals surface area contributed by atoms with Crippen molar-refractivity contribution in [2.45, 2.75) is 79.6 Å². The molecule has 41 heavy (non-hydrogen) atoms. The number of amidine groups is 1. The molecule has 0 radical (unpaired) electrons. The molecule has 2 aliphatic rings. The smallest absolute Gasteiger partial charge is 0.227 e. The van der Waals surface area contributed by atoms with Crippen LogP contribution in [0.4, 0.5) is 0 Å². The van der Waals surface area contributed by atoms with E-state index in [0.29, 0.717) is 31.3 Å². The van der Waals surface area contributed by atoms with Crippen LogP contribution >= 0.6 is 0 Å². The summed E-state index contributed by atoms with van der Waals surface area (Å²) in [6.45, 7) is 22.3. The average Bonchev–Trinajstić information content (AvgIpc) is 2.95. The fourth-order valence-electron chi connectivity index (χ4n) is 4.90. The van der Waals surface area contributed by atoms with Crippen molar-refractivity contribution in [1.82, 2.24) is 9.80 Å². The van der Waals surface area contributed by atoms with Crippen molar-refractivity contribution < 1.29 is 14.2 Å². The van der Waals surface area contributed by atoms with Gasteiger partial charge in [0.05, 0.1) is 56.8 Å². The summed E-state index contributed by atoms with van der Waals surface area (Å²) in [7, 11) is 1.63. The minimum atomic E-state index is 0.0975. The lowest BCUT2D eigenvalue weighted by Crippen LogP contribution is -2.49. The molecular weight excluding hydrogens is 514 g/mol. The number of aliphatic imine (C=N–C) groups is 2. The highest BCUT2D eigenvalue weighted by molar-refractivity contribution is 5.95. The predicted molar refractivity (Wildman–Crippen MR) is 169 cm³/mol. The largest absolute Gasteiger partial charge is 0.496 e. The standard InChI is InChI=1S/C31H43N5O3.C2H6/c1-22(28-12-13-30(37-7)29(18-28)14-15-32)10-8-9-11-23(2)33-31(35-19-25(4)39-26(5)20-35)34-27(6)36-16-17-38-21-24(36)3;1-2/h9-13,18,24-26H,2,8,14,16-17,19-21H2,1,3-7H3;1-2H3/b11-9-,22-10+,33-31?,34-27+;/t24-,25-,26+;/m0./s1. The first-order valence-corrected chi connectivity index (χ1v) is 14.7. The summed E-state index contributed by atoms with van der Waals surface area (Å²) < 4.78 is 16.9. The third-order valence-corrected chi connectivity index (χ3v) is 6.87. The van der Waals surface area contributed by atoms with Crippen LogP contribution in [0.3, 0.4) is 0 Å². The highest BCUT2D eigenvalue weighted by Crippen LogP contribution is 2.24. The molecule has 3 rings (SSSR count). The fourth-order valence-corrected chi connectivity index (χ4v) is 4.90. The van der Waals surface area contributed by atoms with Gasteiger partial charge in [-0.15, -0.1) is 0 Å². The first-order chi connectivity index (χ1) is 19.7. The molecule has 224 valence electrons. The van der Waals surface area contributed by atoms with Gasteiger partial charge in [0.15, 0.2) is 0 Å². The number of hydrogen-bond donors (Lipinski definition) is 0. The number of ether oxygens (including phenoxy) is 3. The quantitative estimate of drug-likeness (QED) is 0.221. The van der Waals surface area contributed by atoms with Crippen molar-refractivity contribution in [3.05, 3.63) is 59.8 Å². The number of guanidine groups is 1. The lowest BCUT2D eigenvalue weighted by molar-refractivity contribution is -0.0483. The Balaban J connectivity index is 0.00000287. The lowest BCUT2D eigenvalue weighted by Gasteiger charge is -2.37. The highest BCUT2D eigenvalue weighted by atomic mass is 16.5. The Hall–Kier alpha value is -3.41. The Morgan fingerprint density at radius 1 is 1.17 bits per heavy atom. The van der Waals surface area contributed by atoms with Gasteiger partial charge >= 0.3 is 0 Å². The van der Waals surface area contributed by atoms with Crippen LogP contribution in [-0.2, 0) is 15.9 Å². The number of rotatable bonds is 7. The maximum absolute atomic E-state index is 9.12. The third-order valence-electron chi connectivity index (χ3n) is 6.87. The van der Waals surface area contributed by atoms with Crippen molar-refractivity contribution >= 4 is 17.4 Å². The molecule has 0 aromatic heterocycles. The van der Waals surface area contributed by atoms with Crippen molar-refractivity contribution in [1.29, 1.82) is 5.26 Å². The first-order valence-electron chi connectivity index (χ1n) is 14.7. The molecule has 8 heteroatoms. The second-order valence-electron chi connectivity index (χ2n) is 10.2. The van der Waals surface area contributed by atoms with Crippen molar-refractivity contribution in [3.8, 4) is 11.8 Å². The Labute approximate surface area is 247 Å². The van der Waals surface area contributed by atoms with E-state index in [1.54, 1.807) is 7.11 Å². The van der Waals surface area contributed by atoms with Gasteiger partial charge in [0.25, 0.3) is 0 Å². The monoisotopic (exact) mass is 563 g/mol. The van der Waals surface area contributed by atoms with Gasteiger partial charge in [-0.2, -0.15) is 5.26 Å². The second kappa shape index (κ2) is 17.4. The molecule has 0 unspecified atom stereocenters. The molecule has 0 amide bonds. The van der Waals surface area contributed by atoms with Gasteiger partial charge in [0, 0.05) is 25.2 Å². The zero-order valence-electron chi connectivity index (χ0n) is 26.3. The second-order valence-corrected chi connectivity index (χ2v) is 10.2. The van der Waals surface area contributed by atoms with E-state index in [9.17, 15) is 0 Å². The van der Waals surface area contributed by atoms with E-state index in [0.717, 1.165) is 54.3 Å². The van der Waals surface area contributed by atoms with Crippen LogP contribution in [0, 0.1) is 11.3 Å². The van der Waals surface area contributed by atoms with Gasteiger partial charge in [-0.25, -0.2) is 9.98 Å². The summed E-state index contributed by atoms with van der Waals surface area (Å²) in [5.41, 5.74) is 3.75. The molecule has 0 bridgehead atoms. The molecule has 0 spiro atoms. The normalized spacial score (nSPS) is 22.2. The highest BCUT2D eigenvalue weighted by Gasteiger charge is 2.26. The van der Waals surface area contributed by atoms with E-state index in [4.69, 9.17) is 29.5 Å². The SMILES string of the molecule is C=C(/C=C\C/C=C(\C)c1ccc(OC)c(CC#N)c1)N=C(/N=C(\C)N1CCOC[C@@H]1C)N1C[C@@H](C)O[C@@H](C)C1.CC. The number of nitriles is 1. The molecule has 8 nitrogen and oxygen atoms in total. The molecule has 3 atom stereocenters. The van der Waals surface area contributed by atoms with E-state index in [1.807, 2.05) is 45.0 Å². The minimum absolute atomic E-state index is 0.0975. The molecule has 1 aromatic rings. The third kappa shape index (κ3) is 10.5. The molecule has 0 saturated carbocycles. The Morgan fingerprint density at radius 2 is 1.88 bits per heavy atom. The number of benzene rings is 1. The number of methoxy groups -OCH3 is 1. The van der Waals surface area contributed by atoms with Crippen LogP contribution in [0.1, 0.15) is 66.0 Å². The Bertz CT molecular complexity index is 1150. The first kappa shape index (κ1) is 33.8. The maximum Gasteiger partial charge on any atom is 0.227 e. The maximum atomic E-state index is 9.12. The van der Waals surface area contributed by atoms with Gasteiger partial charge in [-0.3, -0.25) is 0 Å². The minimum Gasteiger partial charge on any atom is -0.496 e. The molecule has 2 saturated heterocycles. The van der Waals surface area contributed by atoms with Gasteiger partial charge in [-0.05, 0) is 70.4 Å². The summed E-state index contributed by atoms with van der Waals surface area (Å²) in [4.78, 5) is 14.3. The molecule has 2 aliphatic heterocycles. The van der Waals surface area contributed by atoms with Gasteiger partial charge in [0.2, 0.25) is 5.96 Å². The molecule has 0 N–H and O–H groups in total. The summed E-state index contributed by atoms with van der Waals surface area (Å²) in [5.74, 6) is 2.34. The Morgan fingerprint density at radius 3 is 2.51 bits per heavy atom. The number of nitrogens with zero attached hydrogens (tertiary/aromatic N) is 5. The Kier molecular flexibility index (Phi) is 14.4. The van der Waals surface area contributed by atoms with Crippen molar-refractivity contribution in [2.75, 3.05) is 40.0 Å². The van der Waals surface area contributed by atoms with Crippen LogP contribution in [-0.4, -0.2) is 79.8 Å². The molecule has 2 fully saturated rings. The van der Waals surface area contributed by atoms with E-state index < -0.39 is 0 Å². The number of allylic oxidation sites excluding steroid dienone is 4. The zero-order chi connectivity index (χ0) is 30.4. The van der Waals surface area contributed by atoms with Crippen LogP contribution in [0.2, 0.25) is 0 Å². The fraction of sp³-hybridized carbons (Fsp3) is 0.545. The van der Waals surface area contributed by atoms with Crippen LogP contribution in [0.5, 0.6) is 5.75 Å². The van der Waals surface area contributed by atoms with Gasteiger partial charge in [0.1, 0.15) is 11.6 Å². The van der Waals surface area contributed by atoms with Gasteiger partial charge < -0.3 is 24.0 Å². The zero-order valence-corrected chi connectivity index (χ0v) is 26.3. The van der Waals surface area contributed by atoms with E-state index in [2.05, 4.69) is 62.3 Å². The molecular formula is C33H49N5O3. The number of morpholine rings is 2. The summed E-state index contributed by atoms with van der Waals surface area (Å²) in [6, 6.07) is 8.43. The number of hydrogen-bond acceptors (Lipinski definition) is 5. The summed E-state index contributed by atoms with van der Waals surface area (Å²) >= 11 is 0. The van der Waals surface area contributed by atoms with Crippen LogP contribution < -0.4 is 4.74 Å². The van der Waals surface area contributed by atoms with Crippen LogP contribution in [0.25, 0.3) is 5.57 Å². The molecule has 1 aromatic carbocycles. The van der Waals surface area contributed by atoms with E-state index >= 15 is 0 Å². The van der Waals surface area contributed by atoms with Crippen molar-refractivity contribution in [3.63, 3.8) is 0 Å². The van der Waals surface area contributed by atoms with E-state index in [1.165, 1.54) is 0 Å². The lowest BCUT2D eigenvalue weighted by atomic mass is 10.0. The topological polar surface area (TPSA) is 82.7 Å². The summed E-state index contributed by atoms with van der Waals surface area (Å²) in [6.07, 6.45) is 7.39. The van der Waals surface area contributed by atoms with Crippen LogP contribution in [0.15, 0.2) is 58.7 Å². The van der Waals surface area contributed by atoms with Gasteiger partial charge in [-0.1, -0.05) is 38.6 Å².